The van der Waals surface area contributed by atoms with Gasteiger partial charge in [-0.2, -0.15) is 0 Å². The van der Waals surface area contributed by atoms with Gasteiger partial charge >= 0.3 is 0 Å². The van der Waals surface area contributed by atoms with Gasteiger partial charge < -0.3 is 15.1 Å². The number of aromatic nitrogens is 2. The van der Waals surface area contributed by atoms with Crippen LogP contribution in [0.15, 0.2) is 36.2 Å². The molecule has 2 aromatic rings. The summed E-state index contributed by atoms with van der Waals surface area (Å²) in [6.45, 7) is 3.75. The molecule has 0 saturated carbocycles. The molecule has 29 heavy (non-hydrogen) atoms. The number of rotatable bonds is 5. The van der Waals surface area contributed by atoms with Crippen molar-refractivity contribution in [2.24, 2.45) is 0 Å². The lowest BCUT2D eigenvalue weighted by Crippen LogP contribution is -2.45. The van der Waals surface area contributed by atoms with Crippen LogP contribution in [0.25, 0.3) is 6.08 Å². The Morgan fingerprint density at radius 3 is 2.55 bits per heavy atom. The molecule has 4 rings (SSSR count). The van der Waals surface area contributed by atoms with E-state index in [-0.39, 0.29) is 30.0 Å². The lowest BCUT2D eigenvalue weighted by atomic mass is 9.87. The van der Waals surface area contributed by atoms with Crippen molar-refractivity contribution in [2.45, 2.75) is 12.8 Å². The number of nitrogens with one attached hydrogen (secondary N) is 1. The average Bonchev–Trinajstić information content (AvgIpc) is 2.74. The van der Waals surface area contributed by atoms with E-state index in [1.165, 1.54) is 0 Å². The summed E-state index contributed by atoms with van der Waals surface area (Å²) in [5, 5.41) is 3.10. The van der Waals surface area contributed by atoms with Gasteiger partial charge in [0, 0.05) is 64.1 Å². The maximum atomic E-state index is 12.8. The Morgan fingerprint density at radius 2 is 1.86 bits per heavy atom. The fraction of sp³-hybridized carbons (Fsp3) is 0.364. The van der Waals surface area contributed by atoms with Crippen LogP contribution in [0, 0.1) is 0 Å². The summed E-state index contributed by atoms with van der Waals surface area (Å²) in [4.78, 5) is 38.7. The zero-order valence-corrected chi connectivity index (χ0v) is 16.8. The van der Waals surface area contributed by atoms with Crippen molar-refractivity contribution in [1.29, 1.82) is 0 Å². The first-order chi connectivity index (χ1) is 14.0. The van der Waals surface area contributed by atoms with Gasteiger partial charge in [-0.25, -0.2) is 9.97 Å². The number of fused-ring (bicyclic) bond motifs is 1. The van der Waals surface area contributed by atoms with Crippen LogP contribution < -0.4 is 10.2 Å². The van der Waals surface area contributed by atoms with Crippen LogP contribution in [-0.4, -0.2) is 66.7 Å². The van der Waals surface area contributed by atoms with E-state index >= 15 is 0 Å². The second kappa shape index (κ2) is 8.13. The Bertz CT molecular complexity index is 960. The van der Waals surface area contributed by atoms with E-state index in [1.807, 2.05) is 25.2 Å². The fourth-order valence-electron chi connectivity index (χ4n) is 3.79. The molecule has 0 spiro atoms. The first-order valence-corrected chi connectivity index (χ1v) is 9.87. The number of Topliss-reactive ketones (excluding diaryl/α,β-unsaturated/α-hetero) is 2. The lowest BCUT2D eigenvalue weighted by Gasteiger charge is -2.32. The van der Waals surface area contributed by atoms with Gasteiger partial charge in [-0.1, -0.05) is 12.1 Å². The number of allylic oxidation sites excluding steroid dienone is 1. The number of benzene rings is 1. The molecule has 1 fully saturated rings. The number of carbonyl (C=O) groups excluding carboxylic acids is 2. The second-order valence-electron chi connectivity index (χ2n) is 7.56. The van der Waals surface area contributed by atoms with Gasteiger partial charge in [0.25, 0.3) is 0 Å². The van der Waals surface area contributed by atoms with Crippen molar-refractivity contribution in [1.82, 2.24) is 14.9 Å². The maximum Gasteiger partial charge on any atom is 0.225 e. The number of nitrogens with zero attached hydrogens (tertiary/aromatic N) is 4. The highest BCUT2D eigenvalue weighted by atomic mass is 16.1. The Hall–Kier alpha value is -3.06. The molecule has 2 heterocycles. The topological polar surface area (TPSA) is 78.4 Å². The molecule has 2 aliphatic rings. The molecular weight excluding hydrogens is 366 g/mol. The van der Waals surface area contributed by atoms with Crippen molar-refractivity contribution in [3.8, 4) is 0 Å². The van der Waals surface area contributed by atoms with Crippen molar-refractivity contribution >= 4 is 29.3 Å². The van der Waals surface area contributed by atoms with E-state index in [0.29, 0.717) is 5.95 Å². The molecule has 1 aromatic carbocycles. The van der Waals surface area contributed by atoms with Gasteiger partial charge in [0.1, 0.15) is 0 Å². The summed E-state index contributed by atoms with van der Waals surface area (Å²) in [6.07, 6.45) is 5.47. The van der Waals surface area contributed by atoms with Crippen LogP contribution in [0.2, 0.25) is 0 Å². The van der Waals surface area contributed by atoms with E-state index < -0.39 is 0 Å². The molecule has 150 valence electrons. The van der Waals surface area contributed by atoms with Gasteiger partial charge in [0.2, 0.25) is 5.95 Å². The molecule has 0 bridgehead atoms. The number of hydrogen-bond donors (Lipinski definition) is 1. The maximum absolute atomic E-state index is 12.8. The molecule has 1 aliphatic heterocycles. The standard InChI is InChI=1S/C22H25N5O2/c1-23-19-5-3-4-16-11-18(21(29)12-17(16)19)20(28)10-15-13-24-22(25-14-15)27-8-6-26(2)7-9-27/h3-5,11,13-14,23H,6-10,12H2,1-2H3. The van der Waals surface area contributed by atoms with Gasteiger partial charge in [0.15, 0.2) is 11.6 Å². The average molecular weight is 391 g/mol. The summed E-state index contributed by atoms with van der Waals surface area (Å²) in [5.74, 6) is 0.363. The summed E-state index contributed by atoms with van der Waals surface area (Å²) < 4.78 is 0. The number of carbonyl (C=O) groups is 2. The number of piperazine rings is 1. The molecule has 0 amide bonds. The SMILES string of the molecule is CNc1cccc2c1CC(=O)C(C(=O)Cc1cnc(N3CCN(C)CC3)nc1)=C2. The van der Waals surface area contributed by atoms with E-state index in [1.54, 1.807) is 18.5 Å². The highest BCUT2D eigenvalue weighted by Gasteiger charge is 2.25. The predicted octanol–water partition coefficient (Wildman–Crippen LogP) is 1.59. The molecule has 1 N–H and O–H groups in total. The number of ketones is 2. The molecule has 1 aromatic heterocycles. The zero-order valence-electron chi connectivity index (χ0n) is 16.8. The minimum Gasteiger partial charge on any atom is -0.388 e. The number of hydrogen-bond acceptors (Lipinski definition) is 7. The number of anilines is 2. The molecular formula is C22H25N5O2. The Labute approximate surface area is 170 Å². The quantitative estimate of drug-likeness (QED) is 0.776. The molecule has 1 saturated heterocycles. The fourth-order valence-corrected chi connectivity index (χ4v) is 3.79. The van der Waals surface area contributed by atoms with Crippen molar-refractivity contribution < 1.29 is 9.59 Å². The molecule has 0 unspecified atom stereocenters. The second-order valence-corrected chi connectivity index (χ2v) is 7.56. The van der Waals surface area contributed by atoms with Crippen molar-refractivity contribution in [3.63, 3.8) is 0 Å². The summed E-state index contributed by atoms with van der Waals surface area (Å²) in [5.41, 5.74) is 3.76. The lowest BCUT2D eigenvalue weighted by molar-refractivity contribution is -0.120. The smallest absolute Gasteiger partial charge is 0.225 e. The Kier molecular flexibility index (Phi) is 5.40. The molecule has 7 heteroatoms. The molecule has 0 atom stereocenters. The van der Waals surface area contributed by atoms with E-state index in [2.05, 4.69) is 32.1 Å². The number of likely N-dealkylation sites (N-methyl/N-ethyl adjacent to an activating group) is 1. The molecule has 0 radical (unpaired) electrons. The monoisotopic (exact) mass is 391 g/mol. The van der Waals surface area contributed by atoms with Crippen LogP contribution in [0.3, 0.4) is 0 Å². The molecule has 7 nitrogen and oxygen atoms in total. The third kappa shape index (κ3) is 4.05. The van der Waals surface area contributed by atoms with Crippen molar-refractivity contribution in [2.75, 3.05) is 50.5 Å². The van der Waals surface area contributed by atoms with E-state index in [4.69, 9.17) is 0 Å². The minimum absolute atomic E-state index is 0.127. The van der Waals surface area contributed by atoms with E-state index in [9.17, 15) is 9.59 Å². The third-order valence-electron chi connectivity index (χ3n) is 5.56. The van der Waals surface area contributed by atoms with Gasteiger partial charge in [-0.05, 0) is 35.9 Å². The van der Waals surface area contributed by atoms with Crippen LogP contribution in [0.4, 0.5) is 11.6 Å². The summed E-state index contributed by atoms with van der Waals surface area (Å²) in [7, 11) is 3.93. The minimum atomic E-state index is -0.188. The first-order valence-electron chi connectivity index (χ1n) is 9.87. The van der Waals surface area contributed by atoms with Gasteiger partial charge in [-0.3, -0.25) is 9.59 Å². The predicted molar refractivity (Wildman–Crippen MR) is 113 cm³/mol. The van der Waals surface area contributed by atoms with Gasteiger partial charge in [0.05, 0.1) is 5.57 Å². The Morgan fingerprint density at radius 1 is 1.14 bits per heavy atom. The van der Waals surface area contributed by atoms with E-state index in [0.717, 1.165) is 48.6 Å². The zero-order chi connectivity index (χ0) is 20.4. The van der Waals surface area contributed by atoms with Gasteiger partial charge in [-0.15, -0.1) is 0 Å². The van der Waals surface area contributed by atoms with Crippen LogP contribution in [0.5, 0.6) is 0 Å². The first kappa shape index (κ1) is 19.3. The summed E-state index contributed by atoms with van der Waals surface area (Å²) in [6, 6.07) is 5.79. The molecule has 1 aliphatic carbocycles. The summed E-state index contributed by atoms with van der Waals surface area (Å²) >= 11 is 0. The highest BCUT2D eigenvalue weighted by Crippen LogP contribution is 2.28. The highest BCUT2D eigenvalue weighted by molar-refractivity contribution is 6.25. The Balaban J connectivity index is 1.47. The van der Waals surface area contributed by atoms with Crippen LogP contribution in [-0.2, 0) is 22.4 Å². The van der Waals surface area contributed by atoms with Crippen molar-refractivity contribution in [3.05, 3.63) is 52.9 Å². The van der Waals surface area contributed by atoms with Crippen LogP contribution >= 0.6 is 0 Å². The largest absolute Gasteiger partial charge is 0.388 e. The third-order valence-corrected chi connectivity index (χ3v) is 5.56. The normalized spacial score (nSPS) is 17.0. The van der Waals surface area contributed by atoms with Crippen LogP contribution in [0.1, 0.15) is 16.7 Å².